The van der Waals surface area contributed by atoms with Gasteiger partial charge in [0.05, 0.1) is 5.69 Å². The number of halogens is 3. The van der Waals surface area contributed by atoms with Crippen LogP contribution in [0, 0.1) is 13.8 Å². The Hall–Kier alpha value is -4.45. The van der Waals surface area contributed by atoms with Crippen LogP contribution < -0.4 is 9.64 Å². The molecular weight excluding hydrogens is 589 g/mol. The number of carbonyl (C=O) groups excluding carboxylic acids is 1. The zero-order chi connectivity index (χ0) is 31.4. The van der Waals surface area contributed by atoms with Crippen LogP contribution in [0.3, 0.4) is 0 Å². The maximum Gasteiger partial charge on any atom is 0.573 e. The number of ether oxygens (including phenoxy) is 1. The topological polar surface area (TPSA) is 85.0 Å². The summed E-state index contributed by atoms with van der Waals surface area (Å²) >= 11 is 1.57. The lowest BCUT2D eigenvalue weighted by Gasteiger charge is -2.31. The zero-order valence-electron chi connectivity index (χ0n) is 24.7. The number of aliphatic imine (C=N–C) groups is 2. The predicted octanol–water partition coefficient (Wildman–Crippen LogP) is 8.13. The molecule has 0 N–H and O–H groups in total. The number of amidine groups is 1. The van der Waals surface area contributed by atoms with E-state index in [1.807, 2.05) is 44.2 Å². The molecule has 0 radical (unpaired) electrons. The van der Waals surface area contributed by atoms with Crippen molar-refractivity contribution in [1.29, 1.82) is 0 Å². The number of benzene rings is 3. The van der Waals surface area contributed by atoms with Crippen molar-refractivity contribution >= 4 is 34.4 Å². The van der Waals surface area contributed by atoms with E-state index in [1.165, 1.54) is 35.3 Å². The number of alkyl halides is 3. The molecule has 4 aromatic rings. The molecule has 1 fully saturated rings. The highest BCUT2D eigenvalue weighted by Crippen LogP contribution is 2.31. The molecule has 2 heterocycles. The van der Waals surface area contributed by atoms with Gasteiger partial charge in [-0.05, 0) is 68.1 Å². The minimum absolute atomic E-state index is 0.134. The van der Waals surface area contributed by atoms with Crippen LogP contribution in [0.2, 0.25) is 0 Å². The average molecular weight is 621 g/mol. The summed E-state index contributed by atoms with van der Waals surface area (Å²) in [4.78, 5) is 28.1. The van der Waals surface area contributed by atoms with Gasteiger partial charge in [0.15, 0.2) is 11.0 Å². The summed E-state index contributed by atoms with van der Waals surface area (Å²) in [6, 6.07) is 18.6. The van der Waals surface area contributed by atoms with Crippen LogP contribution in [0.25, 0.3) is 17.1 Å². The van der Waals surface area contributed by atoms with Gasteiger partial charge in [0, 0.05) is 35.2 Å². The van der Waals surface area contributed by atoms with Crippen molar-refractivity contribution in [2.24, 2.45) is 9.98 Å². The molecule has 0 bridgehead atoms. The van der Waals surface area contributed by atoms with Crippen LogP contribution >= 0.6 is 11.8 Å². The van der Waals surface area contributed by atoms with Gasteiger partial charge >= 0.3 is 12.4 Å². The Bertz CT molecular complexity index is 1680. The quantitative estimate of drug-likeness (QED) is 0.202. The lowest BCUT2D eigenvalue weighted by atomic mass is 9.96. The highest BCUT2D eigenvalue weighted by molar-refractivity contribution is 8.14. The molecule has 3 aromatic carbocycles. The van der Waals surface area contributed by atoms with Gasteiger partial charge in [-0.2, -0.15) is 4.99 Å². The Morgan fingerprint density at radius 2 is 1.70 bits per heavy atom. The van der Waals surface area contributed by atoms with E-state index in [2.05, 4.69) is 55.7 Å². The number of nitrogens with zero attached hydrogens (tertiary/aromatic N) is 6. The molecule has 1 aliphatic rings. The highest BCUT2D eigenvalue weighted by atomic mass is 32.2. The maximum atomic E-state index is 13.0. The van der Waals surface area contributed by atoms with Crippen LogP contribution in [-0.4, -0.2) is 50.3 Å². The fourth-order valence-corrected chi connectivity index (χ4v) is 5.87. The highest BCUT2D eigenvalue weighted by Gasteiger charge is 2.31. The first-order chi connectivity index (χ1) is 21.0. The van der Waals surface area contributed by atoms with Crippen LogP contribution in [0.4, 0.5) is 23.7 Å². The summed E-state index contributed by atoms with van der Waals surface area (Å²) in [5.41, 5.74) is 6.27. The third-order valence-electron chi connectivity index (χ3n) is 7.28. The van der Waals surface area contributed by atoms with E-state index in [4.69, 9.17) is 0 Å². The second-order valence-electron chi connectivity index (χ2n) is 10.4. The van der Waals surface area contributed by atoms with E-state index in [1.54, 1.807) is 11.8 Å². The first kappa shape index (κ1) is 31.0. The number of hydrogen-bond acceptors (Lipinski definition) is 5. The van der Waals surface area contributed by atoms with E-state index in [0.717, 1.165) is 46.7 Å². The molecule has 1 saturated heterocycles. The molecule has 1 atom stereocenters. The number of thioether (sulfide) groups is 1. The third-order valence-corrected chi connectivity index (χ3v) is 8.35. The molecule has 1 aliphatic heterocycles. The van der Waals surface area contributed by atoms with Gasteiger partial charge in [-0.1, -0.05) is 61.2 Å². The maximum absolute atomic E-state index is 13.0. The summed E-state index contributed by atoms with van der Waals surface area (Å²) < 4.78 is 42.7. The van der Waals surface area contributed by atoms with E-state index >= 15 is 0 Å². The Balaban J connectivity index is 1.27. The first-order valence-corrected chi connectivity index (χ1v) is 15.0. The van der Waals surface area contributed by atoms with Crippen LogP contribution in [0.1, 0.15) is 42.9 Å². The fourth-order valence-electron chi connectivity index (χ4n) is 4.93. The van der Waals surface area contributed by atoms with Gasteiger partial charge in [0.25, 0.3) is 0 Å². The number of anilines is 1. The number of para-hydroxylation sites is 1. The molecule has 0 aliphatic carbocycles. The molecule has 2 amide bonds. The lowest BCUT2D eigenvalue weighted by Crippen LogP contribution is -2.35. The van der Waals surface area contributed by atoms with Gasteiger partial charge in [-0.15, -0.1) is 18.3 Å². The summed E-state index contributed by atoms with van der Waals surface area (Å²) in [6.07, 6.45) is -2.26. The molecule has 44 heavy (non-hydrogen) atoms. The minimum Gasteiger partial charge on any atom is -0.406 e. The molecule has 12 heteroatoms. The number of carbonyl (C=O) groups is 1. The van der Waals surface area contributed by atoms with Crippen LogP contribution in [0.15, 0.2) is 83.0 Å². The standard InChI is InChI=1S/C32H31F3N6O2S/c1-20-7-5-8-21(2)28(20)40-17-6-18-44-31(40)38-30(42)37-23(4)22(3)24-9-11-25(12-10-24)29-36-19-41(39-29)26-13-15-27(16-14-26)43-32(33,34)35/h5,7-16,19,22H,6,17-18H2,1-4H3. The lowest BCUT2D eigenvalue weighted by molar-refractivity contribution is -0.274. The Labute approximate surface area is 257 Å². The molecule has 1 unspecified atom stereocenters. The molecular formula is C32H31F3N6O2S. The smallest absolute Gasteiger partial charge is 0.406 e. The average Bonchev–Trinajstić information content (AvgIpc) is 3.47. The Morgan fingerprint density at radius 3 is 2.36 bits per heavy atom. The molecule has 1 aromatic heterocycles. The minimum atomic E-state index is -4.75. The van der Waals surface area contributed by atoms with Crippen molar-refractivity contribution in [3.05, 3.63) is 89.7 Å². The van der Waals surface area contributed by atoms with E-state index < -0.39 is 12.4 Å². The fraction of sp³-hybridized carbons (Fsp3) is 0.281. The summed E-state index contributed by atoms with van der Waals surface area (Å²) in [5, 5.41) is 5.12. The van der Waals surface area contributed by atoms with Gasteiger partial charge in [0.2, 0.25) is 0 Å². The van der Waals surface area contributed by atoms with E-state index in [0.29, 0.717) is 22.4 Å². The first-order valence-electron chi connectivity index (χ1n) is 14.0. The number of aromatic nitrogens is 3. The summed E-state index contributed by atoms with van der Waals surface area (Å²) in [5.74, 6) is 0.904. The third kappa shape index (κ3) is 7.36. The normalized spacial score (nSPS) is 15.8. The molecule has 228 valence electrons. The molecule has 8 nitrogen and oxygen atoms in total. The Kier molecular flexibility index (Phi) is 9.19. The van der Waals surface area contributed by atoms with Crippen molar-refractivity contribution in [3.8, 4) is 22.8 Å². The summed E-state index contributed by atoms with van der Waals surface area (Å²) in [7, 11) is 0. The van der Waals surface area contributed by atoms with Crippen molar-refractivity contribution in [2.45, 2.75) is 46.4 Å². The number of hydrogen-bond donors (Lipinski definition) is 0. The second kappa shape index (κ2) is 13.0. The van der Waals surface area contributed by atoms with E-state index in [9.17, 15) is 18.0 Å². The van der Waals surface area contributed by atoms with E-state index in [-0.39, 0.29) is 11.7 Å². The predicted molar refractivity (Wildman–Crippen MR) is 168 cm³/mol. The van der Waals surface area contributed by atoms with Gasteiger partial charge < -0.3 is 9.64 Å². The largest absolute Gasteiger partial charge is 0.573 e. The Morgan fingerprint density at radius 1 is 1.02 bits per heavy atom. The van der Waals surface area contributed by atoms with Gasteiger partial charge in [-0.3, -0.25) is 0 Å². The van der Waals surface area contributed by atoms with Crippen LogP contribution in [-0.2, 0) is 0 Å². The number of urea groups is 1. The van der Waals surface area contributed by atoms with Crippen molar-refractivity contribution in [3.63, 3.8) is 0 Å². The molecule has 5 rings (SSSR count). The SMILES string of the molecule is CC(=NC(=O)N=C1SCCCN1c1c(C)cccc1C)C(C)c1ccc(-c2ncn(-c3ccc(OC(F)(F)F)cc3)n2)cc1. The number of rotatable bonds is 6. The van der Waals surface area contributed by atoms with Crippen LogP contribution in [0.5, 0.6) is 5.75 Å². The number of amides is 2. The summed E-state index contributed by atoms with van der Waals surface area (Å²) in [6.45, 7) is 8.73. The van der Waals surface area contributed by atoms with Gasteiger partial charge in [0.1, 0.15) is 12.1 Å². The molecule has 0 saturated carbocycles. The van der Waals surface area contributed by atoms with Crippen molar-refractivity contribution < 1.29 is 22.7 Å². The monoisotopic (exact) mass is 620 g/mol. The second-order valence-corrected chi connectivity index (χ2v) is 11.5. The molecule has 0 spiro atoms. The number of aryl methyl sites for hydroxylation is 2. The van der Waals surface area contributed by atoms with Crippen molar-refractivity contribution in [1.82, 2.24) is 14.8 Å². The van der Waals surface area contributed by atoms with Gasteiger partial charge in [-0.25, -0.2) is 19.5 Å². The zero-order valence-corrected chi connectivity index (χ0v) is 25.5. The van der Waals surface area contributed by atoms with Crippen molar-refractivity contribution in [2.75, 3.05) is 17.2 Å².